The Morgan fingerprint density at radius 1 is 1.17 bits per heavy atom. The largest absolute Gasteiger partial charge is 0.414 e. The maximum Gasteiger partial charge on any atom is 0.192 e. The third-order valence-electron chi connectivity index (χ3n) is 4.27. The first-order valence-electron chi connectivity index (χ1n) is 7.44. The molecular formula is C15H34O2Si. The molecule has 0 bridgehead atoms. The minimum Gasteiger partial charge on any atom is -0.414 e. The highest BCUT2D eigenvalue weighted by molar-refractivity contribution is 6.74. The Labute approximate surface area is 115 Å². The van der Waals surface area contributed by atoms with Gasteiger partial charge in [-0.2, -0.15) is 0 Å². The predicted molar refractivity (Wildman–Crippen MR) is 82.5 cm³/mol. The summed E-state index contributed by atoms with van der Waals surface area (Å²) in [5.41, 5.74) is 0. The number of aliphatic hydroxyl groups is 1. The van der Waals surface area contributed by atoms with Crippen LogP contribution in [0, 0.1) is 5.92 Å². The zero-order chi connectivity index (χ0) is 14.4. The van der Waals surface area contributed by atoms with Crippen molar-refractivity contribution < 1.29 is 9.53 Å². The van der Waals surface area contributed by atoms with Crippen molar-refractivity contribution in [2.75, 3.05) is 6.61 Å². The smallest absolute Gasteiger partial charge is 0.192 e. The average molecular weight is 275 g/mol. The molecule has 0 amide bonds. The number of hydrogen-bond donors (Lipinski definition) is 1. The Hall–Kier alpha value is 0.137. The second kappa shape index (κ2) is 7.66. The fourth-order valence-electron chi connectivity index (χ4n) is 1.73. The van der Waals surface area contributed by atoms with Gasteiger partial charge in [0, 0.05) is 18.6 Å². The van der Waals surface area contributed by atoms with Gasteiger partial charge in [0.1, 0.15) is 0 Å². The number of hydrogen-bond acceptors (Lipinski definition) is 2. The summed E-state index contributed by atoms with van der Waals surface area (Å²) in [5.74, 6) is 0.246. The van der Waals surface area contributed by atoms with Crippen LogP contribution in [0.25, 0.3) is 0 Å². The van der Waals surface area contributed by atoms with Gasteiger partial charge in [-0.05, 0) is 24.6 Å². The second-order valence-electron chi connectivity index (χ2n) is 7.07. The maximum atomic E-state index is 9.40. The highest BCUT2D eigenvalue weighted by Gasteiger charge is 2.39. The molecule has 0 aliphatic heterocycles. The molecule has 2 nitrogen and oxygen atoms in total. The van der Waals surface area contributed by atoms with Gasteiger partial charge in [-0.25, -0.2) is 0 Å². The van der Waals surface area contributed by atoms with E-state index >= 15 is 0 Å². The summed E-state index contributed by atoms with van der Waals surface area (Å²) in [4.78, 5) is 0. The van der Waals surface area contributed by atoms with E-state index in [1.807, 2.05) is 0 Å². The van der Waals surface area contributed by atoms with Crippen LogP contribution in [0.2, 0.25) is 18.1 Å². The van der Waals surface area contributed by atoms with E-state index in [4.69, 9.17) is 4.43 Å². The second-order valence-corrected chi connectivity index (χ2v) is 11.8. The molecular weight excluding hydrogens is 240 g/mol. The molecule has 0 heterocycles. The van der Waals surface area contributed by atoms with Gasteiger partial charge in [0.2, 0.25) is 0 Å². The van der Waals surface area contributed by atoms with Gasteiger partial charge in [0.05, 0.1) is 0 Å². The van der Waals surface area contributed by atoms with Crippen LogP contribution in [0.15, 0.2) is 0 Å². The molecule has 3 heteroatoms. The van der Waals surface area contributed by atoms with Gasteiger partial charge in [0.25, 0.3) is 0 Å². The van der Waals surface area contributed by atoms with E-state index in [1.165, 1.54) is 19.3 Å². The van der Waals surface area contributed by atoms with Crippen molar-refractivity contribution in [3.63, 3.8) is 0 Å². The molecule has 0 unspecified atom stereocenters. The fraction of sp³-hybridized carbons (Fsp3) is 1.00. The Kier molecular flexibility index (Phi) is 7.72. The summed E-state index contributed by atoms with van der Waals surface area (Å²) in [7, 11) is -1.72. The van der Waals surface area contributed by atoms with Crippen LogP contribution in [0.5, 0.6) is 0 Å². The van der Waals surface area contributed by atoms with Crippen molar-refractivity contribution in [3.8, 4) is 0 Å². The van der Waals surface area contributed by atoms with E-state index in [1.54, 1.807) is 0 Å². The number of unbranched alkanes of at least 4 members (excludes halogenated alkanes) is 2. The topological polar surface area (TPSA) is 29.5 Å². The van der Waals surface area contributed by atoms with Crippen LogP contribution in [-0.2, 0) is 4.43 Å². The minimum atomic E-state index is -1.72. The lowest BCUT2D eigenvalue weighted by atomic mass is 10.0. The molecule has 2 atom stereocenters. The monoisotopic (exact) mass is 274 g/mol. The SMILES string of the molecule is CCCCC[C@@H](O[Si](C)(C)C(C)(C)C)[C@H](C)CO. The highest BCUT2D eigenvalue weighted by Crippen LogP contribution is 2.38. The van der Waals surface area contributed by atoms with Crippen molar-refractivity contribution in [2.45, 2.75) is 84.5 Å². The molecule has 0 aliphatic carbocycles. The molecule has 0 radical (unpaired) electrons. The first-order chi connectivity index (χ1) is 8.15. The van der Waals surface area contributed by atoms with Crippen molar-refractivity contribution in [2.24, 2.45) is 5.92 Å². The van der Waals surface area contributed by atoms with E-state index in [-0.39, 0.29) is 23.7 Å². The van der Waals surface area contributed by atoms with E-state index in [9.17, 15) is 5.11 Å². The van der Waals surface area contributed by atoms with Gasteiger partial charge in [-0.3, -0.25) is 0 Å². The molecule has 0 aromatic heterocycles. The lowest BCUT2D eigenvalue weighted by molar-refractivity contribution is 0.0766. The molecule has 1 N–H and O–H groups in total. The van der Waals surface area contributed by atoms with Gasteiger partial charge in [-0.15, -0.1) is 0 Å². The summed E-state index contributed by atoms with van der Waals surface area (Å²) in [5, 5.41) is 9.64. The Morgan fingerprint density at radius 3 is 2.11 bits per heavy atom. The Morgan fingerprint density at radius 2 is 1.72 bits per heavy atom. The lowest BCUT2D eigenvalue weighted by Crippen LogP contribution is -2.46. The molecule has 0 saturated carbocycles. The van der Waals surface area contributed by atoms with Crippen molar-refractivity contribution in [3.05, 3.63) is 0 Å². The van der Waals surface area contributed by atoms with Crippen LogP contribution >= 0.6 is 0 Å². The summed E-state index contributed by atoms with van der Waals surface area (Å²) >= 11 is 0. The Bertz CT molecular complexity index is 221. The van der Waals surface area contributed by atoms with E-state index in [0.29, 0.717) is 0 Å². The molecule has 18 heavy (non-hydrogen) atoms. The summed E-state index contributed by atoms with van der Waals surface area (Å²) in [6.07, 6.45) is 5.01. The normalized spacial score (nSPS) is 16.7. The number of rotatable bonds is 8. The fourth-order valence-corrected chi connectivity index (χ4v) is 3.19. The standard InChI is InChI=1S/C15H34O2Si/c1-8-9-10-11-14(13(2)12-16)17-18(6,7)15(3,4)5/h13-14,16H,8-12H2,1-7H3/t13-,14-/m1/s1. The first kappa shape index (κ1) is 18.1. The quantitative estimate of drug-likeness (QED) is 0.518. The summed E-state index contributed by atoms with van der Waals surface area (Å²) in [6.45, 7) is 16.0. The van der Waals surface area contributed by atoms with Crippen LogP contribution < -0.4 is 0 Å². The van der Waals surface area contributed by atoms with Gasteiger partial charge in [0.15, 0.2) is 8.32 Å². The van der Waals surface area contributed by atoms with Crippen LogP contribution in [0.1, 0.15) is 60.3 Å². The van der Waals surface area contributed by atoms with Crippen LogP contribution in [0.3, 0.4) is 0 Å². The van der Waals surface area contributed by atoms with E-state index in [0.717, 1.165) is 6.42 Å². The van der Waals surface area contributed by atoms with E-state index in [2.05, 4.69) is 47.7 Å². The molecule has 0 fully saturated rings. The summed E-state index contributed by atoms with van der Waals surface area (Å²) < 4.78 is 6.48. The molecule has 0 aromatic rings. The van der Waals surface area contributed by atoms with Crippen molar-refractivity contribution >= 4 is 8.32 Å². The average Bonchev–Trinajstić information content (AvgIpc) is 2.25. The first-order valence-corrected chi connectivity index (χ1v) is 10.3. The molecule has 0 rings (SSSR count). The van der Waals surface area contributed by atoms with Crippen LogP contribution in [-0.4, -0.2) is 26.1 Å². The minimum absolute atomic E-state index is 0.224. The van der Waals surface area contributed by atoms with Gasteiger partial charge < -0.3 is 9.53 Å². The zero-order valence-corrected chi connectivity index (χ0v) is 14.5. The summed E-state index contributed by atoms with van der Waals surface area (Å²) in [6, 6.07) is 0. The third-order valence-corrected chi connectivity index (χ3v) is 8.77. The maximum absolute atomic E-state index is 9.40. The molecule has 110 valence electrons. The molecule has 0 aromatic carbocycles. The molecule has 0 aliphatic rings. The van der Waals surface area contributed by atoms with Crippen LogP contribution in [0.4, 0.5) is 0 Å². The molecule has 0 spiro atoms. The lowest BCUT2D eigenvalue weighted by Gasteiger charge is -2.40. The Balaban J connectivity index is 4.58. The van der Waals surface area contributed by atoms with Gasteiger partial charge >= 0.3 is 0 Å². The van der Waals surface area contributed by atoms with Crippen molar-refractivity contribution in [1.82, 2.24) is 0 Å². The zero-order valence-electron chi connectivity index (χ0n) is 13.5. The van der Waals surface area contributed by atoms with E-state index < -0.39 is 8.32 Å². The molecule has 0 saturated heterocycles. The van der Waals surface area contributed by atoms with Gasteiger partial charge in [-0.1, -0.05) is 53.9 Å². The number of aliphatic hydroxyl groups excluding tert-OH is 1. The third kappa shape index (κ3) is 5.85. The highest BCUT2D eigenvalue weighted by atomic mass is 28.4. The predicted octanol–water partition coefficient (Wildman–Crippen LogP) is 4.59. The van der Waals surface area contributed by atoms with Crippen molar-refractivity contribution in [1.29, 1.82) is 0 Å².